The van der Waals surface area contributed by atoms with E-state index in [1.54, 1.807) is 0 Å². The lowest BCUT2D eigenvalue weighted by Crippen LogP contribution is -2.13. The Morgan fingerprint density at radius 2 is 2.28 bits per heavy atom. The van der Waals surface area contributed by atoms with E-state index in [0.717, 1.165) is 24.4 Å². The normalized spacial score (nSPS) is 18.1. The van der Waals surface area contributed by atoms with Crippen molar-refractivity contribution < 1.29 is 9.90 Å². The zero-order chi connectivity index (χ0) is 13.0. The van der Waals surface area contributed by atoms with Gasteiger partial charge in [-0.1, -0.05) is 31.5 Å². The molecular weight excluding hydrogens is 252 g/mol. The molecule has 1 N–H and O–H groups in total. The summed E-state index contributed by atoms with van der Waals surface area (Å²) in [5.41, 5.74) is 0. The lowest BCUT2D eigenvalue weighted by molar-refractivity contribution is -0.136. The number of aromatic nitrogens is 4. The number of carbonyl (C=O) groups is 1. The van der Waals surface area contributed by atoms with Crippen LogP contribution in [0.25, 0.3) is 0 Å². The van der Waals surface area contributed by atoms with Crippen molar-refractivity contribution in [3.05, 3.63) is 0 Å². The minimum absolute atomic E-state index is 0.0358. The summed E-state index contributed by atoms with van der Waals surface area (Å²) < 4.78 is 1.88. The lowest BCUT2D eigenvalue weighted by Gasteiger charge is -2.14. The van der Waals surface area contributed by atoms with Crippen molar-refractivity contribution in [1.29, 1.82) is 0 Å². The maximum atomic E-state index is 10.8. The van der Waals surface area contributed by atoms with E-state index >= 15 is 0 Å². The molecule has 100 valence electrons. The van der Waals surface area contributed by atoms with E-state index in [1.807, 2.05) is 11.6 Å². The van der Waals surface area contributed by atoms with Gasteiger partial charge in [0.2, 0.25) is 5.16 Å². The number of nitrogens with zero attached hydrogens (tertiary/aromatic N) is 4. The fourth-order valence-corrected chi connectivity index (χ4v) is 3.32. The first-order valence-corrected chi connectivity index (χ1v) is 7.25. The maximum absolute atomic E-state index is 10.8. The second-order valence-corrected chi connectivity index (χ2v) is 5.86. The average molecular weight is 270 g/mol. The van der Waals surface area contributed by atoms with Crippen LogP contribution in [0.4, 0.5) is 0 Å². The smallest absolute Gasteiger partial charge is 0.304 e. The molecule has 1 aromatic rings. The molecule has 0 aromatic carbocycles. The molecule has 0 bridgehead atoms. The fourth-order valence-electron chi connectivity index (χ4n) is 2.25. The van der Waals surface area contributed by atoms with Gasteiger partial charge in [0.15, 0.2) is 0 Å². The van der Waals surface area contributed by atoms with Gasteiger partial charge in [0.05, 0.1) is 12.5 Å². The fraction of sp³-hybridized carbons (Fsp3) is 0.818. The molecule has 1 heterocycles. The number of hydrogen-bond donors (Lipinski definition) is 1. The molecule has 1 unspecified atom stereocenters. The highest BCUT2D eigenvalue weighted by atomic mass is 32.2. The number of rotatable bonds is 6. The third kappa shape index (κ3) is 3.22. The quantitative estimate of drug-likeness (QED) is 0.798. The van der Waals surface area contributed by atoms with E-state index in [2.05, 4.69) is 15.5 Å². The second kappa shape index (κ2) is 6.17. The van der Waals surface area contributed by atoms with Crippen LogP contribution in [0.1, 0.15) is 51.5 Å². The molecular formula is C11H18N4O2S. The SMILES string of the molecule is CCC(CC(=O)O)Sc1nnnn1C1CCCC1. The van der Waals surface area contributed by atoms with Gasteiger partial charge < -0.3 is 5.11 Å². The molecule has 7 heteroatoms. The molecule has 1 atom stereocenters. The van der Waals surface area contributed by atoms with E-state index in [1.165, 1.54) is 24.6 Å². The summed E-state index contributed by atoms with van der Waals surface area (Å²) in [5.74, 6) is -0.769. The Bertz CT molecular complexity index is 404. The molecule has 1 fully saturated rings. The van der Waals surface area contributed by atoms with E-state index in [-0.39, 0.29) is 11.7 Å². The predicted molar refractivity (Wildman–Crippen MR) is 67.5 cm³/mol. The third-order valence-electron chi connectivity index (χ3n) is 3.26. The van der Waals surface area contributed by atoms with Crippen LogP contribution in [0, 0.1) is 0 Å². The van der Waals surface area contributed by atoms with Crippen LogP contribution in [-0.2, 0) is 4.79 Å². The summed E-state index contributed by atoms with van der Waals surface area (Å²) in [5, 5.41) is 21.5. The van der Waals surface area contributed by atoms with Gasteiger partial charge in [-0.15, -0.1) is 5.10 Å². The van der Waals surface area contributed by atoms with Gasteiger partial charge in [0.25, 0.3) is 0 Å². The van der Waals surface area contributed by atoms with Crippen molar-refractivity contribution in [2.75, 3.05) is 0 Å². The highest BCUT2D eigenvalue weighted by Gasteiger charge is 2.23. The van der Waals surface area contributed by atoms with Gasteiger partial charge >= 0.3 is 5.97 Å². The number of carboxylic acid groups (broad SMARTS) is 1. The van der Waals surface area contributed by atoms with Gasteiger partial charge in [-0.2, -0.15) is 0 Å². The number of hydrogen-bond acceptors (Lipinski definition) is 5. The molecule has 1 saturated carbocycles. The van der Waals surface area contributed by atoms with Crippen LogP contribution in [0.5, 0.6) is 0 Å². The number of thioether (sulfide) groups is 1. The minimum Gasteiger partial charge on any atom is -0.481 e. The highest BCUT2D eigenvalue weighted by molar-refractivity contribution is 7.99. The van der Waals surface area contributed by atoms with Crippen LogP contribution in [0.2, 0.25) is 0 Å². The first-order valence-electron chi connectivity index (χ1n) is 6.37. The molecule has 1 aliphatic carbocycles. The Labute approximate surface area is 110 Å². The van der Waals surface area contributed by atoms with Crippen molar-refractivity contribution in [2.45, 2.75) is 61.9 Å². The van der Waals surface area contributed by atoms with Crippen LogP contribution in [0.15, 0.2) is 5.16 Å². The Hall–Kier alpha value is -1.11. The van der Waals surface area contributed by atoms with E-state index in [4.69, 9.17) is 5.11 Å². The molecule has 0 aliphatic heterocycles. The summed E-state index contributed by atoms with van der Waals surface area (Å²) in [6, 6.07) is 0.393. The standard InChI is InChI=1S/C11H18N4O2S/c1-2-9(7-10(16)17)18-11-12-13-14-15(11)8-5-3-4-6-8/h8-9H,2-7H2,1H3,(H,16,17). The lowest BCUT2D eigenvalue weighted by atomic mass is 10.2. The molecule has 0 amide bonds. The molecule has 1 aliphatic rings. The highest BCUT2D eigenvalue weighted by Crippen LogP contribution is 2.33. The van der Waals surface area contributed by atoms with Crippen LogP contribution in [-0.4, -0.2) is 36.5 Å². The Morgan fingerprint density at radius 3 is 2.89 bits per heavy atom. The van der Waals surface area contributed by atoms with Gasteiger partial charge in [-0.05, 0) is 29.7 Å². The minimum atomic E-state index is -0.769. The summed E-state index contributed by atoms with van der Waals surface area (Å²) in [6.07, 6.45) is 5.64. The first kappa shape index (κ1) is 13.3. The topological polar surface area (TPSA) is 80.9 Å². The van der Waals surface area contributed by atoms with Gasteiger partial charge in [0, 0.05) is 5.25 Å². The molecule has 18 heavy (non-hydrogen) atoms. The number of tetrazole rings is 1. The van der Waals surface area contributed by atoms with Crippen LogP contribution < -0.4 is 0 Å². The number of carboxylic acids is 1. The van der Waals surface area contributed by atoms with Crippen molar-refractivity contribution in [3.63, 3.8) is 0 Å². The van der Waals surface area contributed by atoms with Crippen molar-refractivity contribution in [2.24, 2.45) is 0 Å². The summed E-state index contributed by atoms with van der Waals surface area (Å²) in [7, 11) is 0. The Balaban J connectivity index is 2.03. The molecule has 1 aromatic heterocycles. The van der Waals surface area contributed by atoms with Crippen molar-refractivity contribution in [1.82, 2.24) is 20.2 Å². The van der Waals surface area contributed by atoms with Gasteiger partial charge in [-0.25, -0.2) is 4.68 Å². The summed E-state index contributed by atoms with van der Waals surface area (Å²) in [6.45, 7) is 1.99. The molecule has 0 radical (unpaired) electrons. The first-order chi connectivity index (χ1) is 8.70. The number of aliphatic carboxylic acids is 1. The zero-order valence-electron chi connectivity index (χ0n) is 10.4. The van der Waals surface area contributed by atoms with Crippen LogP contribution >= 0.6 is 11.8 Å². The Morgan fingerprint density at radius 1 is 1.56 bits per heavy atom. The zero-order valence-corrected chi connectivity index (χ0v) is 11.3. The van der Waals surface area contributed by atoms with Crippen LogP contribution in [0.3, 0.4) is 0 Å². The summed E-state index contributed by atoms with van der Waals surface area (Å²) in [4.78, 5) is 10.8. The van der Waals surface area contributed by atoms with Crippen molar-refractivity contribution in [3.8, 4) is 0 Å². The molecule has 2 rings (SSSR count). The predicted octanol–water partition coefficient (Wildman–Crippen LogP) is 2.13. The van der Waals surface area contributed by atoms with E-state index in [9.17, 15) is 4.79 Å². The van der Waals surface area contributed by atoms with Crippen molar-refractivity contribution >= 4 is 17.7 Å². The Kier molecular flexibility index (Phi) is 4.57. The van der Waals surface area contributed by atoms with E-state index in [0.29, 0.717) is 6.04 Å². The monoisotopic (exact) mass is 270 g/mol. The largest absolute Gasteiger partial charge is 0.481 e. The average Bonchev–Trinajstić information content (AvgIpc) is 2.96. The second-order valence-electron chi connectivity index (χ2n) is 4.59. The molecule has 0 spiro atoms. The van der Waals surface area contributed by atoms with E-state index < -0.39 is 5.97 Å². The summed E-state index contributed by atoms with van der Waals surface area (Å²) >= 11 is 1.48. The third-order valence-corrected chi connectivity index (χ3v) is 4.58. The molecule has 0 saturated heterocycles. The molecule has 6 nitrogen and oxygen atoms in total. The van der Waals surface area contributed by atoms with Gasteiger partial charge in [0.1, 0.15) is 0 Å². The van der Waals surface area contributed by atoms with Gasteiger partial charge in [-0.3, -0.25) is 4.79 Å². The maximum Gasteiger partial charge on any atom is 0.304 e.